The van der Waals surface area contributed by atoms with Crippen molar-refractivity contribution in [2.75, 3.05) is 5.32 Å². The first kappa shape index (κ1) is 17.3. The number of nitrogens with zero attached hydrogens (tertiary/aromatic N) is 4. The molecule has 0 amide bonds. The van der Waals surface area contributed by atoms with Crippen molar-refractivity contribution in [1.82, 2.24) is 19.9 Å². The fourth-order valence-corrected chi connectivity index (χ4v) is 2.87. The van der Waals surface area contributed by atoms with Gasteiger partial charge in [0.15, 0.2) is 11.5 Å². The first-order chi connectivity index (χ1) is 12.0. The van der Waals surface area contributed by atoms with E-state index >= 15 is 0 Å². The van der Waals surface area contributed by atoms with Crippen LogP contribution in [0, 0.1) is 0 Å². The van der Waals surface area contributed by atoms with Crippen molar-refractivity contribution in [3.63, 3.8) is 0 Å². The molecule has 0 atom stereocenters. The first-order valence-electron chi connectivity index (χ1n) is 7.50. The Balaban J connectivity index is 1.89. The van der Waals surface area contributed by atoms with Gasteiger partial charge in [0.25, 0.3) is 0 Å². The summed E-state index contributed by atoms with van der Waals surface area (Å²) < 4.78 is 39.4. The lowest BCUT2D eigenvalue weighted by Crippen LogP contribution is -2.12. The van der Waals surface area contributed by atoms with Crippen molar-refractivity contribution in [2.24, 2.45) is 0 Å². The number of aromatic nitrogens is 4. The van der Waals surface area contributed by atoms with Gasteiger partial charge >= 0.3 is 6.18 Å². The lowest BCUT2D eigenvalue weighted by Gasteiger charge is -2.11. The molecular formula is C16H14F3N5S. The zero-order valence-electron chi connectivity index (χ0n) is 13.2. The highest BCUT2D eigenvalue weighted by atomic mass is 32.1. The average Bonchev–Trinajstić information content (AvgIpc) is 3.08. The van der Waals surface area contributed by atoms with E-state index in [0.29, 0.717) is 12.1 Å². The molecular weight excluding hydrogens is 351 g/mol. The second-order valence-electron chi connectivity index (χ2n) is 5.12. The molecule has 0 aliphatic heterocycles. The molecule has 25 heavy (non-hydrogen) atoms. The monoisotopic (exact) mass is 365 g/mol. The Morgan fingerprint density at radius 3 is 2.56 bits per heavy atom. The fourth-order valence-electron chi connectivity index (χ4n) is 2.07. The van der Waals surface area contributed by atoms with Gasteiger partial charge in [0.1, 0.15) is 10.8 Å². The molecule has 0 aliphatic carbocycles. The summed E-state index contributed by atoms with van der Waals surface area (Å²) in [6.45, 7) is 2.32. The minimum atomic E-state index is -4.56. The van der Waals surface area contributed by atoms with Crippen LogP contribution in [0.4, 0.5) is 19.0 Å². The van der Waals surface area contributed by atoms with Gasteiger partial charge in [-0.3, -0.25) is 4.98 Å². The summed E-state index contributed by atoms with van der Waals surface area (Å²) in [5.41, 5.74) is -0.531. The van der Waals surface area contributed by atoms with Crippen molar-refractivity contribution in [2.45, 2.75) is 26.1 Å². The Kier molecular flexibility index (Phi) is 4.93. The summed E-state index contributed by atoms with van der Waals surface area (Å²) in [4.78, 5) is 17.0. The molecule has 0 spiro atoms. The van der Waals surface area contributed by atoms with Crippen LogP contribution in [0.3, 0.4) is 0 Å². The maximum atomic E-state index is 13.1. The molecule has 9 heteroatoms. The number of pyridine rings is 1. The van der Waals surface area contributed by atoms with Crippen LogP contribution in [-0.2, 0) is 19.1 Å². The van der Waals surface area contributed by atoms with Gasteiger partial charge in [-0.05, 0) is 18.6 Å². The molecule has 0 bridgehead atoms. The summed E-state index contributed by atoms with van der Waals surface area (Å²) in [5.74, 6) is 0.0931. The molecule has 0 radical (unpaired) electrons. The maximum absolute atomic E-state index is 13.1. The van der Waals surface area contributed by atoms with Crippen molar-refractivity contribution in [3.8, 4) is 11.4 Å². The van der Waals surface area contributed by atoms with E-state index in [1.165, 1.54) is 23.7 Å². The van der Waals surface area contributed by atoms with Crippen LogP contribution in [-0.4, -0.2) is 19.9 Å². The van der Waals surface area contributed by atoms with Crippen molar-refractivity contribution < 1.29 is 13.2 Å². The molecule has 3 aromatic heterocycles. The minimum Gasteiger partial charge on any atom is -0.363 e. The van der Waals surface area contributed by atoms with Gasteiger partial charge in [-0.15, -0.1) is 11.3 Å². The third kappa shape index (κ3) is 4.30. The van der Waals surface area contributed by atoms with Crippen molar-refractivity contribution in [3.05, 3.63) is 52.4 Å². The quantitative estimate of drug-likeness (QED) is 0.735. The van der Waals surface area contributed by atoms with E-state index < -0.39 is 11.9 Å². The molecule has 130 valence electrons. The van der Waals surface area contributed by atoms with E-state index in [-0.39, 0.29) is 11.6 Å². The van der Waals surface area contributed by atoms with Crippen LogP contribution in [0.25, 0.3) is 11.4 Å². The van der Waals surface area contributed by atoms with Crippen LogP contribution in [0.5, 0.6) is 0 Å². The van der Waals surface area contributed by atoms with E-state index in [4.69, 9.17) is 0 Å². The normalized spacial score (nSPS) is 11.5. The molecule has 0 aliphatic rings. The van der Waals surface area contributed by atoms with Gasteiger partial charge in [0.2, 0.25) is 0 Å². The van der Waals surface area contributed by atoms with Gasteiger partial charge in [0.05, 0.1) is 6.54 Å². The highest BCUT2D eigenvalue weighted by molar-refractivity contribution is 7.11. The van der Waals surface area contributed by atoms with Crippen LogP contribution in [0.15, 0.2) is 36.8 Å². The molecule has 3 rings (SSSR count). The van der Waals surface area contributed by atoms with Gasteiger partial charge in [-0.2, -0.15) is 13.2 Å². The van der Waals surface area contributed by atoms with Crippen LogP contribution >= 0.6 is 11.3 Å². The van der Waals surface area contributed by atoms with Gasteiger partial charge in [-0.1, -0.05) is 6.92 Å². The number of hydrogen-bond acceptors (Lipinski definition) is 6. The highest BCUT2D eigenvalue weighted by Gasteiger charge is 2.33. The molecule has 0 aromatic carbocycles. The Morgan fingerprint density at radius 2 is 1.92 bits per heavy atom. The number of alkyl halides is 3. The van der Waals surface area contributed by atoms with E-state index in [1.54, 1.807) is 18.3 Å². The SMILES string of the molecule is CCc1cnc(CNc2cc(C(F)(F)F)nc(-c3ccncc3)n2)s1. The lowest BCUT2D eigenvalue weighted by molar-refractivity contribution is -0.141. The Morgan fingerprint density at radius 1 is 1.16 bits per heavy atom. The molecule has 1 N–H and O–H groups in total. The summed E-state index contributed by atoms with van der Waals surface area (Å²) in [7, 11) is 0. The fraction of sp³-hybridized carbons (Fsp3) is 0.250. The topological polar surface area (TPSA) is 63.6 Å². The van der Waals surface area contributed by atoms with Gasteiger partial charge in [-0.25, -0.2) is 15.0 Å². The predicted molar refractivity (Wildman–Crippen MR) is 89.1 cm³/mol. The number of halogens is 3. The second-order valence-corrected chi connectivity index (χ2v) is 6.32. The summed E-state index contributed by atoms with van der Waals surface area (Å²) in [6, 6.07) is 4.03. The molecule has 0 saturated heterocycles. The van der Waals surface area contributed by atoms with E-state index in [1.807, 2.05) is 6.92 Å². The summed E-state index contributed by atoms with van der Waals surface area (Å²) in [6.07, 6.45) is 1.04. The van der Waals surface area contributed by atoms with E-state index in [9.17, 15) is 13.2 Å². The molecule has 0 unspecified atom stereocenters. The predicted octanol–water partition coefficient (Wildman–Crippen LogP) is 4.19. The number of rotatable bonds is 5. The van der Waals surface area contributed by atoms with Gasteiger partial charge in [0, 0.05) is 35.1 Å². The number of nitrogens with one attached hydrogen (secondary N) is 1. The van der Waals surface area contributed by atoms with Crippen LogP contribution in [0.2, 0.25) is 0 Å². The third-order valence-electron chi connectivity index (χ3n) is 3.33. The van der Waals surface area contributed by atoms with Gasteiger partial charge < -0.3 is 5.32 Å². The largest absolute Gasteiger partial charge is 0.433 e. The standard InChI is InChI=1S/C16H14F3N5S/c1-2-11-8-22-14(25-11)9-21-13-7-12(16(17,18)19)23-15(24-13)10-3-5-20-6-4-10/h3-8H,2,9H2,1H3,(H,21,23,24). The highest BCUT2D eigenvalue weighted by Crippen LogP contribution is 2.30. The molecule has 0 saturated carbocycles. The summed E-state index contributed by atoms with van der Waals surface area (Å²) >= 11 is 1.51. The van der Waals surface area contributed by atoms with Crippen molar-refractivity contribution in [1.29, 1.82) is 0 Å². The number of anilines is 1. The van der Waals surface area contributed by atoms with E-state index in [0.717, 1.165) is 22.4 Å². The smallest absolute Gasteiger partial charge is 0.363 e. The number of hydrogen-bond donors (Lipinski definition) is 1. The third-order valence-corrected chi connectivity index (χ3v) is 4.47. The zero-order chi connectivity index (χ0) is 17.9. The second kappa shape index (κ2) is 7.14. The average molecular weight is 365 g/mol. The molecule has 5 nitrogen and oxygen atoms in total. The zero-order valence-corrected chi connectivity index (χ0v) is 14.0. The minimum absolute atomic E-state index is 0.00638. The summed E-state index contributed by atoms with van der Waals surface area (Å²) in [5, 5.41) is 3.69. The lowest BCUT2D eigenvalue weighted by atomic mass is 10.2. The number of thiazole rings is 1. The van der Waals surface area contributed by atoms with Crippen LogP contribution in [0.1, 0.15) is 22.5 Å². The van der Waals surface area contributed by atoms with Crippen molar-refractivity contribution >= 4 is 17.2 Å². The number of aryl methyl sites for hydroxylation is 1. The first-order valence-corrected chi connectivity index (χ1v) is 8.31. The van der Waals surface area contributed by atoms with Crippen LogP contribution < -0.4 is 5.32 Å². The Bertz CT molecular complexity index is 848. The maximum Gasteiger partial charge on any atom is 0.433 e. The van der Waals surface area contributed by atoms with E-state index in [2.05, 4.69) is 25.3 Å². The Hall–Kier alpha value is -2.55. The molecule has 0 fully saturated rings. The Labute approximate surface area is 146 Å². The molecule has 3 heterocycles. The molecule has 3 aromatic rings.